The van der Waals surface area contributed by atoms with E-state index in [0.717, 1.165) is 0 Å². The number of anilines is 2. The van der Waals surface area contributed by atoms with Crippen LogP contribution in [0.5, 0.6) is 11.5 Å². The third-order valence-electron chi connectivity index (χ3n) is 6.40. The number of carbonyl (C=O) groups is 3. The van der Waals surface area contributed by atoms with Gasteiger partial charge in [0.15, 0.2) is 11.5 Å². The Morgan fingerprint density at radius 3 is 2.31 bits per heavy atom. The third kappa shape index (κ3) is 8.94. The molecule has 0 aliphatic carbocycles. The highest BCUT2D eigenvalue weighted by atomic mass is 32.2. The van der Waals surface area contributed by atoms with Crippen LogP contribution in [0.3, 0.4) is 0 Å². The molecule has 0 saturated carbocycles. The van der Waals surface area contributed by atoms with Crippen LogP contribution in [-0.2, 0) is 9.59 Å². The highest BCUT2D eigenvalue weighted by Crippen LogP contribution is 2.29. The van der Waals surface area contributed by atoms with Gasteiger partial charge in [-0.05, 0) is 72.7 Å². The van der Waals surface area contributed by atoms with Crippen molar-refractivity contribution in [1.29, 1.82) is 0 Å². The molecule has 0 saturated heterocycles. The van der Waals surface area contributed by atoms with Crippen molar-refractivity contribution < 1.29 is 28.8 Å². The number of nitro benzene ring substituents is 1. The van der Waals surface area contributed by atoms with Gasteiger partial charge in [-0.15, -0.1) is 11.8 Å². The number of ether oxygens (including phenoxy) is 2. The van der Waals surface area contributed by atoms with E-state index in [-0.39, 0.29) is 23.0 Å². The normalized spacial score (nSPS) is 10.9. The lowest BCUT2D eigenvalue weighted by Gasteiger charge is -2.13. The van der Waals surface area contributed by atoms with E-state index in [2.05, 4.69) is 16.0 Å². The van der Waals surface area contributed by atoms with Gasteiger partial charge in [0.1, 0.15) is 5.70 Å². The molecule has 4 aromatic carbocycles. The fourth-order valence-corrected chi connectivity index (χ4v) is 4.91. The van der Waals surface area contributed by atoms with Crippen LogP contribution >= 0.6 is 11.8 Å². The minimum Gasteiger partial charge on any atom is -0.493 e. The molecular formula is C33H30N4O7S. The number of amides is 3. The lowest BCUT2D eigenvalue weighted by molar-refractivity contribution is -0.384. The third-order valence-corrected chi connectivity index (χ3v) is 7.40. The van der Waals surface area contributed by atoms with Crippen molar-refractivity contribution in [2.45, 2.75) is 11.8 Å². The number of hydrogen-bond acceptors (Lipinski definition) is 8. The van der Waals surface area contributed by atoms with E-state index in [4.69, 9.17) is 9.47 Å². The monoisotopic (exact) mass is 626 g/mol. The highest BCUT2D eigenvalue weighted by molar-refractivity contribution is 8.00. The number of carbonyl (C=O) groups excluding carboxylic acids is 3. The summed E-state index contributed by atoms with van der Waals surface area (Å²) in [5, 5.41) is 19.2. The average molecular weight is 627 g/mol. The zero-order valence-electron chi connectivity index (χ0n) is 24.7. The topological polar surface area (TPSA) is 149 Å². The first-order chi connectivity index (χ1) is 21.7. The van der Waals surface area contributed by atoms with Crippen LogP contribution in [0, 0.1) is 17.0 Å². The van der Waals surface area contributed by atoms with Crippen molar-refractivity contribution in [2.75, 3.05) is 30.6 Å². The van der Waals surface area contributed by atoms with Crippen LogP contribution in [0.25, 0.3) is 6.08 Å². The van der Waals surface area contributed by atoms with Crippen LogP contribution in [0.4, 0.5) is 17.1 Å². The molecule has 0 bridgehead atoms. The molecule has 0 radical (unpaired) electrons. The molecule has 45 heavy (non-hydrogen) atoms. The molecule has 12 heteroatoms. The Morgan fingerprint density at radius 2 is 1.62 bits per heavy atom. The van der Waals surface area contributed by atoms with E-state index < -0.39 is 16.7 Å². The standard InChI is InChI=1S/C33H30N4O7S/c1-21-16-25(37(41)42)13-14-27(21)35-31(38)20-45-26-11-7-10-24(19-26)34-33(40)28(36-32(39)23-8-5-4-6-9-23)17-22-12-15-29(43-2)30(18-22)44-3/h4-19H,20H2,1-3H3,(H,34,40)(H,35,38)(H,36,39)/b28-17+. The van der Waals surface area contributed by atoms with Crippen LogP contribution in [0.2, 0.25) is 0 Å². The second kappa shape index (κ2) is 15.2. The molecule has 0 aromatic heterocycles. The average Bonchev–Trinajstić information content (AvgIpc) is 3.04. The van der Waals surface area contributed by atoms with Crippen molar-refractivity contribution in [1.82, 2.24) is 5.32 Å². The van der Waals surface area contributed by atoms with E-state index >= 15 is 0 Å². The summed E-state index contributed by atoms with van der Waals surface area (Å²) in [6.45, 7) is 1.68. The Hall–Kier alpha value is -5.62. The molecule has 4 aromatic rings. The summed E-state index contributed by atoms with van der Waals surface area (Å²) in [5.41, 5.74) is 2.41. The first-order valence-corrected chi connectivity index (χ1v) is 14.5. The zero-order valence-corrected chi connectivity index (χ0v) is 25.5. The van der Waals surface area contributed by atoms with Gasteiger partial charge in [-0.1, -0.05) is 30.3 Å². The van der Waals surface area contributed by atoms with Gasteiger partial charge in [0.25, 0.3) is 17.5 Å². The predicted molar refractivity (Wildman–Crippen MR) is 174 cm³/mol. The molecule has 230 valence electrons. The highest BCUT2D eigenvalue weighted by Gasteiger charge is 2.17. The van der Waals surface area contributed by atoms with E-state index in [1.165, 1.54) is 50.3 Å². The number of benzene rings is 4. The quantitative estimate of drug-likeness (QED) is 0.0744. The van der Waals surface area contributed by atoms with Crippen molar-refractivity contribution in [3.05, 3.63) is 123 Å². The molecular weight excluding hydrogens is 596 g/mol. The number of non-ortho nitro benzene ring substituents is 1. The maximum absolute atomic E-state index is 13.5. The van der Waals surface area contributed by atoms with E-state index in [0.29, 0.717) is 44.5 Å². The zero-order chi connectivity index (χ0) is 32.3. The predicted octanol–water partition coefficient (Wildman–Crippen LogP) is 6.06. The number of nitro groups is 1. The molecule has 3 amide bonds. The number of thioether (sulfide) groups is 1. The second-order valence-electron chi connectivity index (χ2n) is 9.57. The summed E-state index contributed by atoms with van der Waals surface area (Å²) in [4.78, 5) is 50.2. The summed E-state index contributed by atoms with van der Waals surface area (Å²) in [7, 11) is 3.02. The van der Waals surface area contributed by atoms with Crippen molar-refractivity contribution >= 4 is 52.6 Å². The van der Waals surface area contributed by atoms with Gasteiger partial charge in [-0.2, -0.15) is 0 Å². The molecule has 0 spiro atoms. The van der Waals surface area contributed by atoms with Gasteiger partial charge in [-0.25, -0.2) is 0 Å². The van der Waals surface area contributed by atoms with Crippen LogP contribution in [0.1, 0.15) is 21.5 Å². The number of nitrogens with zero attached hydrogens (tertiary/aromatic N) is 1. The molecule has 0 unspecified atom stereocenters. The number of rotatable bonds is 12. The first kappa shape index (κ1) is 32.3. The SMILES string of the molecule is COc1ccc(/C=C(/NC(=O)c2ccccc2)C(=O)Nc2cccc(SCC(=O)Nc3ccc([N+](=O)[O-])cc3C)c2)cc1OC. The summed E-state index contributed by atoms with van der Waals surface area (Å²) in [6, 6.07) is 24.8. The van der Waals surface area contributed by atoms with Gasteiger partial charge in [0.05, 0.1) is 24.9 Å². The molecule has 0 atom stereocenters. The van der Waals surface area contributed by atoms with Gasteiger partial charge in [0, 0.05) is 34.0 Å². The van der Waals surface area contributed by atoms with Crippen LogP contribution < -0.4 is 25.4 Å². The Kier molecular flexibility index (Phi) is 10.9. The Labute approximate surface area is 263 Å². The second-order valence-corrected chi connectivity index (χ2v) is 10.6. The van der Waals surface area contributed by atoms with E-state index in [9.17, 15) is 24.5 Å². The van der Waals surface area contributed by atoms with Crippen LogP contribution in [-0.4, -0.2) is 42.6 Å². The fourth-order valence-electron chi connectivity index (χ4n) is 4.15. The van der Waals surface area contributed by atoms with Gasteiger partial charge in [-0.3, -0.25) is 24.5 Å². The van der Waals surface area contributed by atoms with Crippen LogP contribution in [0.15, 0.2) is 102 Å². The van der Waals surface area contributed by atoms with E-state index in [1.807, 2.05) is 0 Å². The van der Waals surface area contributed by atoms with Gasteiger partial charge in [0.2, 0.25) is 5.91 Å². The lowest BCUT2D eigenvalue weighted by Crippen LogP contribution is -2.30. The summed E-state index contributed by atoms with van der Waals surface area (Å²) < 4.78 is 10.7. The van der Waals surface area contributed by atoms with Crippen molar-refractivity contribution in [3.8, 4) is 11.5 Å². The molecule has 3 N–H and O–H groups in total. The number of methoxy groups -OCH3 is 2. The Bertz CT molecular complexity index is 1760. The van der Waals surface area contributed by atoms with Gasteiger partial charge >= 0.3 is 0 Å². The van der Waals surface area contributed by atoms with Crippen molar-refractivity contribution in [2.24, 2.45) is 0 Å². The molecule has 4 rings (SSSR count). The number of hydrogen-bond donors (Lipinski definition) is 3. The molecule has 0 aliphatic heterocycles. The fraction of sp³-hybridized carbons (Fsp3) is 0.121. The molecule has 0 heterocycles. The number of aryl methyl sites for hydroxylation is 1. The van der Waals surface area contributed by atoms with E-state index in [1.54, 1.807) is 79.7 Å². The number of nitrogens with one attached hydrogen (secondary N) is 3. The minimum absolute atomic E-state index is 0.00743. The molecule has 0 aliphatic rings. The smallest absolute Gasteiger partial charge is 0.272 e. The largest absolute Gasteiger partial charge is 0.493 e. The minimum atomic E-state index is -0.567. The van der Waals surface area contributed by atoms with Crippen molar-refractivity contribution in [3.63, 3.8) is 0 Å². The first-order valence-electron chi connectivity index (χ1n) is 13.6. The maximum Gasteiger partial charge on any atom is 0.272 e. The lowest BCUT2D eigenvalue weighted by atomic mass is 10.1. The molecule has 0 fully saturated rings. The maximum atomic E-state index is 13.5. The Morgan fingerprint density at radius 1 is 0.867 bits per heavy atom. The van der Waals surface area contributed by atoms with Gasteiger partial charge < -0.3 is 25.4 Å². The molecule has 11 nitrogen and oxygen atoms in total. The Balaban J connectivity index is 1.48. The summed E-state index contributed by atoms with van der Waals surface area (Å²) >= 11 is 1.25. The summed E-state index contributed by atoms with van der Waals surface area (Å²) in [5.74, 6) is -0.294. The summed E-state index contributed by atoms with van der Waals surface area (Å²) in [6.07, 6.45) is 1.53.